The number of amides is 2. The summed E-state index contributed by atoms with van der Waals surface area (Å²) in [5.41, 5.74) is 6.70. The molecule has 2 amide bonds. The normalized spacial score (nSPS) is 16.9. The fraction of sp³-hybridized carbons (Fsp3) is 0.312. The molecule has 0 aliphatic heterocycles. The van der Waals surface area contributed by atoms with E-state index < -0.39 is 0 Å². The Hall–Kier alpha value is -2.63. The summed E-state index contributed by atoms with van der Waals surface area (Å²) in [5.74, 6) is -0.280. The first-order valence-corrected chi connectivity index (χ1v) is 7.34. The highest BCUT2D eigenvalue weighted by Gasteiger charge is 2.18. The van der Waals surface area contributed by atoms with Crippen molar-refractivity contribution in [3.05, 3.63) is 47.9 Å². The van der Waals surface area contributed by atoms with Gasteiger partial charge in [-0.2, -0.15) is 0 Å². The van der Waals surface area contributed by atoms with Gasteiger partial charge in [0, 0.05) is 12.6 Å². The number of carbonyl (C=O) groups excluding carboxylic acids is 2. The second kappa shape index (κ2) is 6.01. The minimum absolute atomic E-state index is 0.184. The summed E-state index contributed by atoms with van der Waals surface area (Å²) in [5, 5.41) is 0. The lowest BCUT2D eigenvalue weighted by atomic mass is 10.1. The lowest BCUT2D eigenvalue weighted by Crippen LogP contribution is -2.42. The molecule has 22 heavy (non-hydrogen) atoms. The standard InChI is InChI=1S/C16H18N4O2/c1-11-15(20-9-5-4-8-13(20)17-11)16(22)19-18-14(21)10-12-6-2-3-7-12/h2,4-6,8-9,12H,3,7,10H2,1H3,(H,18,21)(H,19,22)/t12-/m0/s1. The fourth-order valence-corrected chi connectivity index (χ4v) is 2.73. The fourth-order valence-electron chi connectivity index (χ4n) is 2.73. The van der Waals surface area contributed by atoms with Crippen LogP contribution in [0.5, 0.6) is 0 Å². The molecule has 0 saturated carbocycles. The lowest BCUT2D eigenvalue weighted by molar-refractivity contribution is -0.122. The summed E-state index contributed by atoms with van der Waals surface area (Å²) < 4.78 is 1.70. The summed E-state index contributed by atoms with van der Waals surface area (Å²) in [7, 11) is 0. The molecule has 0 unspecified atom stereocenters. The number of nitrogens with one attached hydrogen (secondary N) is 2. The molecule has 0 fully saturated rings. The molecule has 6 heteroatoms. The Morgan fingerprint density at radius 2 is 2.23 bits per heavy atom. The largest absolute Gasteiger partial charge is 0.295 e. The van der Waals surface area contributed by atoms with Gasteiger partial charge in [-0.15, -0.1) is 0 Å². The van der Waals surface area contributed by atoms with Crippen molar-refractivity contribution < 1.29 is 9.59 Å². The van der Waals surface area contributed by atoms with Crippen LogP contribution in [0, 0.1) is 12.8 Å². The van der Waals surface area contributed by atoms with Gasteiger partial charge in [0.25, 0.3) is 5.91 Å². The Bertz CT molecular complexity index is 748. The van der Waals surface area contributed by atoms with Crippen LogP contribution in [0.3, 0.4) is 0 Å². The Morgan fingerprint density at radius 3 is 3.00 bits per heavy atom. The van der Waals surface area contributed by atoms with Crippen molar-refractivity contribution in [2.75, 3.05) is 0 Å². The monoisotopic (exact) mass is 298 g/mol. The zero-order valence-electron chi connectivity index (χ0n) is 12.4. The topological polar surface area (TPSA) is 75.5 Å². The molecule has 3 rings (SSSR count). The van der Waals surface area contributed by atoms with E-state index in [9.17, 15) is 9.59 Å². The minimum Gasteiger partial charge on any atom is -0.295 e. The number of aryl methyl sites for hydroxylation is 1. The van der Waals surface area contributed by atoms with Crippen LogP contribution in [-0.2, 0) is 4.79 Å². The molecule has 0 spiro atoms. The molecule has 1 atom stereocenters. The predicted octanol–water partition coefficient (Wildman–Crippen LogP) is 1.76. The third kappa shape index (κ3) is 2.86. The number of hydrogen-bond acceptors (Lipinski definition) is 3. The van der Waals surface area contributed by atoms with Crippen molar-refractivity contribution >= 4 is 17.5 Å². The van der Waals surface area contributed by atoms with Gasteiger partial charge in [-0.05, 0) is 37.8 Å². The van der Waals surface area contributed by atoms with Crippen molar-refractivity contribution in [3.8, 4) is 0 Å². The number of hydrogen-bond donors (Lipinski definition) is 2. The molecule has 0 radical (unpaired) electrons. The summed E-state index contributed by atoms with van der Waals surface area (Å²) in [6.45, 7) is 1.77. The maximum atomic E-state index is 12.3. The van der Waals surface area contributed by atoms with Crippen LogP contribution < -0.4 is 10.9 Å². The Morgan fingerprint density at radius 1 is 1.36 bits per heavy atom. The number of aromatic nitrogens is 2. The molecule has 0 saturated heterocycles. The van der Waals surface area contributed by atoms with Gasteiger partial charge in [-0.25, -0.2) is 4.98 Å². The van der Waals surface area contributed by atoms with E-state index in [-0.39, 0.29) is 17.7 Å². The quantitative estimate of drug-likeness (QED) is 0.669. The second-order valence-electron chi connectivity index (χ2n) is 5.45. The van der Waals surface area contributed by atoms with Crippen molar-refractivity contribution in [1.29, 1.82) is 0 Å². The Balaban J connectivity index is 1.64. The SMILES string of the molecule is Cc1nc2ccccn2c1C(=O)NNC(=O)C[C@H]1C=CCC1. The molecule has 2 aromatic rings. The van der Waals surface area contributed by atoms with Crippen molar-refractivity contribution in [2.45, 2.75) is 26.2 Å². The van der Waals surface area contributed by atoms with E-state index in [4.69, 9.17) is 0 Å². The maximum Gasteiger partial charge on any atom is 0.288 e. The third-order valence-electron chi connectivity index (χ3n) is 3.79. The molecule has 0 aromatic carbocycles. The number of allylic oxidation sites excluding steroid dienone is 2. The summed E-state index contributed by atoms with van der Waals surface area (Å²) in [6, 6.07) is 5.52. The first-order valence-electron chi connectivity index (χ1n) is 7.34. The highest BCUT2D eigenvalue weighted by Crippen LogP contribution is 2.19. The lowest BCUT2D eigenvalue weighted by Gasteiger charge is -2.10. The van der Waals surface area contributed by atoms with Crippen LogP contribution in [0.15, 0.2) is 36.5 Å². The minimum atomic E-state index is -0.369. The molecule has 2 N–H and O–H groups in total. The van der Waals surface area contributed by atoms with E-state index in [1.54, 1.807) is 17.5 Å². The van der Waals surface area contributed by atoms with Gasteiger partial charge < -0.3 is 0 Å². The van der Waals surface area contributed by atoms with Crippen LogP contribution in [-0.4, -0.2) is 21.2 Å². The average Bonchev–Trinajstić information content (AvgIpc) is 3.11. The molecule has 2 aromatic heterocycles. The highest BCUT2D eigenvalue weighted by molar-refractivity contribution is 5.95. The van der Waals surface area contributed by atoms with Crippen LogP contribution in [0.1, 0.15) is 35.4 Å². The molecule has 0 bridgehead atoms. The molecule has 2 heterocycles. The van der Waals surface area contributed by atoms with Gasteiger partial charge in [0.2, 0.25) is 5.91 Å². The van der Waals surface area contributed by atoms with E-state index in [1.807, 2.05) is 18.2 Å². The van der Waals surface area contributed by atoms with E-state index >= 15 is 0 Å². The summed E-state index contributed by atoms with van der Waals surface area (Å²) in [4.78, 5) is 28.4. The number of rotatable bonds is 3. The van der Waals surface area contributed by atoms with Crippen LogP contribution in [0.4, 0.5) is 0 Å². The molecule has 1 aliphatic rings. The van der Waals surface area contributed by atoms with Gasteiger partial charge in [-0.3, -0.25) is 24.8 Å². The molecular weight excluding hydrogens is 280 g/mol. The van der Waals surface area contributed by atoms with Gasteiger partial charge in [0.1, 0.15) is 11.3 Å². The number of pyridine rings is 1. The van der Waals surface area contributed by atoms with E-state index in [0.29, 0.717) is 23.5 Å². The highest BCUT2D eigenvalue weighted by atomic mass is 16.2. The first kappa shape index (κ1) is 14.3. The van der Waals surface area contributed by atoms with Crippen molar-refractivity contribution in [2.24, 2.45) is 5.92 Å². The third-order valence-corrected chi connectivity index (χ3v) is 3.79. The molecule has 6 nitrogen and oxygen atoms in total. The molecule has 114 valence electrons. The zero-order valence-corrected chi connectivity index (χ0v) is 12.4. The van der Waals surface area contributed by atoms with Crippen molar-refractivity contribution in [1.82, 2.24) is 20.2 Å². The zero-order chi connectivity index (χ0) is 15.5. The Labute approximate surface area is 128 Å². The number of carbonyl (C=O) groups is 2. The van der Waals surface area contributed by atoms with Crippen molar-refractivity contribution in [3.63, 3.8) is 0 Å². The van der Waals surface area contributed by atoms with E-state index in [0.717, 1.165) is 12.8 Å². The number of nitrogens with zero attached hydrogens (tertiary/aromatic N) is 2. The average molecular weight is 298 g/mol. The number of hydrazine groups is 1. The number of fused-ring (bicyclic) bond motifs is 1. The van der Waals surface area contributed by atoms with Gasteiger partial charge in [-0.1, -0.05) is 18.2 Å². The van der Waals surface area contributed by atoms with E-state index in [2.05, 4.69) is 28.0 Å². The van der Waals surface area contributed by atoms with Crippen LogP contribution in [0.25, 0.3) is 5.65 Å². The van der Waals surface area contributed by atoms with Gasteiger partial charge >= 0.3 is 0 Å². The molecule has 1 aliphatic carbocycles. The van der Waals surface area contributed by atoms with Crippen LogP contribution in [0.2, 0.25) is 0 Å². The Kier molecular flexibility index (Phi) is 3.91. The van der Waals surface area contributed by atoms with Gasteiger partial charge in [0.05, 0.1) is 5.69 Å². The second-order valence-corrected chi connectivity index (χ2v) is 5.45. The predicted molar refractivity (Wildman–Crippen MR) is 82.0 cm³/mol. The smallest absolute Gasteiger partial charge is 0.288 e. The maximum absolute atomic E-state index is 12.3. The number of imidazole rings is 1. The summed E-state index contributed by atoms with van der Waals surface area (Å²) >= 11 is 0. The van der Waals surface area contributed by atoms with E-state index in [1.165, 1.54) is 0 Å². The van der Waals surface area contributed by atoms with Crippen LogP contribution >= 0.6 is 0 Å². The van der Waals surface area contributed by atoms with Gasteiger partial charge in [0.15, 0.2) is 0 Å². The molecular formula is C16H18N4O2. The first-order chi connectivity index (χ1) is 10.6. The summed E-state index contributed by atoms with van der Waals surface area (Å²) in [6.07, 6.45) is 8.31.